The number of esters is 1. The summed E-state index contributed by atoms with van der Waals surface area (Å²) in [6, 6.07) is 3.85. The van der Waals surface area contributed by atoms with Gasteiger partial charge in [0.15, 0.2) is 0 Å². The standard InChI is InChI=1S/C17H15N5O3S/c1-10-13(11(2)22-17(20-10)18-9-19-22)6-15(23)24-7-12-8-25-16(21-12)14-4-3-5-26-14/h3-5,8-9H,6-7H2,1-2H3. The molecule has 4 aromatic heterocycles. The van der Waals surface area contributed by atoms with Crippen molar-refractivity contribution in [2.45, 2.75) is 26.9 Å². The fraction of sp³-hybridized carbons (Fsp3) is 0.235. The Bertz CT molecular complexity index is 1070. The van der Waals surface area contributed by atoms with Crippen molar-refractivity contribution in [1.29, 1.82) is 0 Å². The molecule has 0 aliphatic heterocycles. The van der Waals surface area contributed by atoms with Crippen LogP contribution in [-0.2, 0) is 22.6 Å². The van der Waals surface area contributed by atoms with E-state index < -0.39 is 0 Å². The molecule has 0 bridgehead atoms. The second-order valence-corrected chi connectivity index (χ2v) is 6.64. The maximum Gasteiger partial charge on any atom is 0.310 e. The predicted octanol–water partition coefficient (Wildman–Crippen LogP) is 2.74. The number of carbonyl (C=O) groups is 1. The molecule has 0 aromatic carbocycles. The Morgan fingerprint density at radius 1 is 1.35 bits per heavy atom. The molecule has 0 unspecified atom stereocenters. The maximum atomic E-state index is 12.2. The first-order valence-corrected chi connectivity index (χ1v) is 8.79. The van der Waals surface area contributed by atoms with Gasteiger partial charge in [0.2, 0.25) is 5.89 Å². The first-order chi connectivity index (χ1) is 12.6. The van der Waals surface area contributed by atoms with Crippen LogP contribution in [0, 0.1) is 13.8 Å². The zero-order valence-corrected chi connectivity index (χ0v) is 15.0. The lowest BCUT2D eigenvalue weighted by molar-refractivity contribution is -0.144. The number of nitrogens with zero attached hydrogens (tertiary/aromatic N) is 5. The molecule has 4 heterocycles. The average Bonchev–Trinajstić information content (AvgIpc) is 3.37. The minimum absolute atomic E-state index is 0.0603. The number of oxazole rings is 1. The van der Waals surface area contributed by atoms with Crippen LogP contribution >= 0.6 is 11.3 Å². The first-order valence-electron chi connectivity index (χ1n) is 7.91. The normalized spacial score (nSPS) is 11.2. The highest BCUT2D eigenvalue weighted by atomic mass is 32.1. The molecule has 0 amide bonds. The minimum Gasteiger partial charge on any atom is -0.459 e. The topological polar surface area (TPSA) is 95.4 Å². The van der Waals surface area contributed by atoms with E-state index in [1.54, 1.807) is 4.52 Å². The number of aromatic nitrogens is 5. The predicted molar refractivity (Wildman–Crippen MR) is 93.6 cm³/mol. The molecule has 0 aliphatic rings. The molecular weight excluding hydrogens is 354 g/mol. The van der Waals surface area contributed by atoms with E-state index in [0.717, 1.165) is 21.8 Å². The Morgan fingerprint density at radius 3 is 3.04 bits per heavy atom. The molecule has 0 spiro atoms. The molecule has 0 aliphatic carbocycles. The number of carbonyl (C=O) groups excluding carboxylic acids is 1. The van der Waals surface area contributed by atoms with Crippen LogP contribution in [0.1, 0.15) is 22.6 Å². The maximum absolute atomic E-state index is 12.2. The van der Waals surface area contributed by atoms with Crippen LogP contribution in [0.3, 0.4) is 0 Å². The Morgan fingerprint density at radius 2 is 2.23 bits per heavy atom. The second-order valence-electron chi connectivity index (χ2n) is 5.69. The molecule has 4 rings (SSSR count). The molecular formula is C17H15N5O3S. The summed E-state index contributed by atoms with van der Waals surface area (Å²) in [7, 11) is 0. The smallest absolute Gasteiger partial charge is 0.310 e. The Labute approximate surface area is 152 Å². The number of hydrogen-bond donors (Lipinski definition) is 0. The number of rotatable bonds is 5. The van der Waals surface area contributed by atoms with Crippen LogP contribution in [0.15, 0.2) is 34.5 Å². The van der Waals surface area contributed by atoms with Crippen molar-refractivity contribution in [3.05, 3.63) is 52.7 Å². The van der Waals surface area contributed by atoms with Crippen molar-refractivity contribution in [2.75, 3.05) is 0 Å². The van der Waals surface area contributed by atoms with Gasteiger partial charge < -0.3 is 9.15 Å². The third-order valence-corrected chi connectivity index (χ3v) is 4.83. The third kappa shape index (κ3) is 3.08. The lowest BCUT2D eigenvalue weighted by Crippen LogP contribution is -2.13. The van der Waals surface area contributed by atoms with Gasteiger partial charge in [0.05, 0.1) is 11.3 Å². The third-order valence-electron chi connectivity index (χ3n) is 3.97. The van der Waals surface area contributed by atoms with Crippen molar-refractivity contribution in [1.82, 2.24) is 24.6 Å². The van der Waals surface area contributed by atoms with E-state index >= 15 is 0 Å². The number of thiophene rings is 1. The molecule has 9 heteroatoms. The number of aryl methyl sites for hydroxylation is 2. The first kappa shape index (κ1) is 16.4. The van der Waals surface area contributed by atoms with Gasteiger partial charge in [-0.15, -0.1) is 11.3 Å². The van der Waals surface area contributed by atoms with Gasteiger partial charge in [-0.3, -0.25) is 4.79 Å². The van der Waals surface area contributed by atoms with E-state index in [0.29, 0.717) is 17.4 Å². The van der Waals surface area contributed by atoms with Crippen LogP contribution in [-0.4, -0.2) is 30.5 Å². The van der Waals surface area contributed by atoms with Crippen molar-refractivity contribution in [3.8, 4) is 10.8 Å². The van der Waals surface area contributed by atoms with Crippen LogP contribution < -0.4 is 0 Å². The van der Waals surface area contributed by atoms with Gasteiger partial charge in [-0.05, 0) is 25.3 Å². The molecule has 0 N–H and O–H groups in total. The van der Waals surface area contributed by atoms with E-state index in [1.165, 1.54) is 23.9 Å². The zero-order chi connectivity index (χ0) is 18.1. The zero-order valence-electron chi connectivity index (χ0n) is 14.2. The molecule has 4 aromatic rings. The molecule has 0 atom stereocenters. The van der Waals surface area contributed by atoms with Gasteiger partial charge >= 0.3 is 5.97 Å². The second kappa shape index (κ2) is 6.68. The fourth-order valence-electron chi connectivity index (χ4n) is 2.65. The van der Waals surface area contributed by atoms with E-state index in [9.17, 15) is 4.79 Å². The van der Waals surface area contributed by atoms with Gasteiger partial charge in [0.25, 0.3) is 5.78 Å². The molecule has 0 radical (unpaired) electrons. The quantitative estimate of drug-likeness (QED) is 0.499. The van der Waals surface area contributed by atoms with Gasteiger partial charge in [-0.2, -0.15) is 10.1 Å². The summed E-state index contributed by atoms with van der Waals surface area (Å²) >= 11 is 1.54. The molecule has 0 saturated carbocycles. The van der Waals surface area contributed by atoms with Gasteiger partial charge in [-0.1, -0.05) is 6.07 Å². The number of ether oxygens (including phenoxy) is 1. The van der Waals surface area contributed by atoms with Crippen molar-refractivity contribution >= 4 is 23.1 Å². The highest BCUT2D eigenvalue weighted by Crippen LogP contribution is 2.24. The molecule has 26 heavy (non-hydrogen) atoms. The Hall–Kier alpha value is -3.07. The monoisotopic (exact) mass is 369 g/mol. The largest absolute Gasteiger partial charge is 0.459 e. The SMILES string of the molecule is Cc1nc2ncnn2c(C)c1CC(=O)OCc1coc(-c2cccs2)n1. The van der Waals surface area contributed by atoms with Gasteiger partial charge in [0, 0.05) is 17.0 Å². The summed E-state index contributed by atoms with van der Waals surface area (Å²) in [5.74, 6) is 0.678. The summed E-state index contributed by atoms with van der Waals surface area (Å²) in [4.78, 5) is 25.9. The van der Waals surface area contributed by atoms with Crippen molar-refractivity contribution in [2.24, 2.45) is 0 Å². The van der Waals surface area contributed by atoms with Crippen LogP contribution in [0.5, 0.6) is 0 Å². The highest BCUT2D eigenvalue weighted by Gasteiger charge is 2.16. The average molecular weight is 369 g/mol. The fourth-order valence-corrected chi connectivity index (χ4v) is 3.30. The molecule has 8 nitrogen and oxygen atoms in total. The summed E-state index contributed by atoms with van der Waals surface area (Å²) in [6.45, 7) is 3.78. The Balaban J connectivity index is 1.43. The lowest BCUT2D eigenvalue weighted by Gasteiger charge is -2.09. The summed E-state index contributed by atoms with van der Waals surface area (Å²) in [5, 5.41) is 6.07. The van der Waals surface area contributed by atoms with Crippen LogP contribution in [0.4, 0.5) is 0 Å². The van der Waals surface area contributed by atoms with Crippen LogP contribution in [0.2, 0.25) is 0 Å². The number of hydrogen-bond acceptors (Lipinski definition) is 8. The van der Waals surface area contributed by atoms with E-state index in [1.807, 2.05) is 31.4 Å². The van der Waals surface area contributed by atoms with Gasteiger partial charge in [-0.25, -0.2) is 14.5 Å². The summed E-state index contributed by atoms with van der Waals surface area (Å²) < 4.78 is 12.4. The van der Waals surface area contributed by atoms with Crippen molar-refractivity contribution in [3.63, 3.8) is 0 Å². The van der Waals surface area contributed by atoms with Crippen molar-refractivity contribution < 1.29 is 13.9 Å². The summed E-state index contributed by atoms with van der Waals surface area (Å²) in [5.41, 5.74) is 2.91. The summed E-state index contributed by atoms with van der Waals surface area (Å²) in [6.07, 6.45) is 3.05. The van der Waals surface area contributed by atoms with Gasteiger partial charge in [0.1, 0.15) is 24.9 Å². The Kier molecular flexibility index (Phi) is 4.21. The molecule has 0 fully saturated rings. The van der Waals surface area contributed by atoms with E-state index in [4.69, 9.17) is 9.15 Å². The molecule has 132 valence electrons. The lowest BCUT2D eigenvalue weighted by atomic mass is 10.1. The number of fused-ring (bicyclic) bond motifs is 1. The minimum atomic E-state index is -0.363. The van der Waals surface area contributed by atoms with E-state index in [2.05, 4.69) is 20.1 Å². The van der Waals surface area contributed by atoms with Crippen LogP contribution in [0.25, 0.3) is 16.5 Å². The van der Waals surface area contributed by atoms with E-state index in [-0.39, 0.29) is 19.0 Å². The molecule has 0 saturated heterocycles. The highest BCUT2D eigenvalue weighted by molar-refractivity contribution is 7.13.